The van der Waals surface area contributed by atoms with Crippen molar-refractivity contribution in [2.45, 2.75) is 50.0 Å². The van der Waals surface area contributed by atoms with E-state index in [2.05, 4.69) is 5.32 Å². The molecule has 1 N–H and O–H groups in total. The number of nitrogens with zero attached hydrogens (tertiary/aromatic N) is 1. The van der Waals surface area contributed by atoms with Crippen LogP contribution in [0.1, 0.15) is 37.7 Å². The van der Waals surface area contributed by atoms with E-state index >= 15 is 0 Å². The smallest absolute Gasteiger partial charge is 0.264 e. The molecule has 1 saturated carbocycles. The van der Waals surface area contributed by atoms with Gasteiger partial charge in [0.2, 0.25) is 5.91 Å². The molecule has 2 aromatic rings. The summed E-state index contributed by atoms with van der Waals surface area (Å²) >= 11 is 6.08. The van der Waals surface area contributed by atoms with Crippen LogP contribution in [-0.4, -0.2) is 26.9 Å². The van der Waals surface area contributed by atoms with E-state index in [-0.39, 0.29) is 23.4 Å². The molecule has 28 heavy (non-hydrogen) atoms. The molecule has 0 heterocycles. The number of rotatable bonds is 6. The fraction of sp³-hybridized carbons (Fsp3) is 0.381. The number of hydrogen-bond acceptors (Lipinski definition) is 3. The van der Waals surface area contributed by atoms with Crippen LogP contribution in [0.15, 0.2) is 53.4 Å². The van der Waals surface area contributed by atoms with Crippen molar-refractivity contribution in [3.05, 3.63) is 59.1 Å². The van der Waals surface area contributed by atoms with Crippen LogP contribution >= 0.6 is 11.6 Å². The molecule has 5 nitrogen and oxygen atoms in total. The highest BCUT2D eigenvalue weighted by Crippen LogP contribution is 2.26. The third-order valence-corrected chi connectivity index (χ3v) is 6.99. The Hall–Kier alpha value is -2.05. The van der Waals surface area contributed by atoms with Gasteiger partial charge in [0.05, 0.1) is 10.6 Å². The largest absolute Gasteiger partial charge is 0.352 e. The first kappa shape index (κ1) is 20.7. The van der Waals surface area contributed by atoms with Crippen LogP contribution < -0.4 is 9.62 Å². The van der Waals surface area contributed by atoms with Crippen molar-refractivity contribution in [1.29, 1.82) is 0 Å². The van der Waals surface area contributed by atoms with Gasteiger partial charge in [-0.15, -0.1) is 0 Å². The van der Waals surface area contributed by atoms with Crippen molar-refractivity contribution >= 4 is 33.2 Å². The van der Waals surface area contributed by atoms with Gasteiger partial charge in [-0.1, -0.05) is 54.6 Å². The molecule has 0 radical (unpaired) electrons. The van der Waals surface area contributed by atoms with Gasteiger partial charge in [0.1, 0.15) is 6.54 Å². The third-order valence-electron chi connectivity index (χ3n) is 4.96. The molecule has 1 aliphatic carbocycles. The fourth-order valence-electron chi connectivity index (χ4n) is 3.43. The molecule has 0 aromatic heterocycles. The van der Waals surface area contributed by atoms with Gasteiger partial charge in [-0.3, -0.25) is 9.10 Å². The van der Waals surface area contributed by atoms with Gasteiger partial charge in [-0.25, -0.2) is 8.42 Å². The molecule has 2 aromatic carbocycles. The first-order valence-electron chi connectivity index (χ1n) is 9.50. The monoisotopic (exact) mass is 420 g/mol. The number of amides is 1. The predicted octanol–water partition coefficient (Wildman–Crippen LogP) is 4.29. The van der Waals surface area contributed by atoms with Gasteiger partial charge in [-0.2, -0.15) is 0 Å². The van der Waals surface area contributed by atoms with Crippen molar-refractivity contribution < 1.29 is 13.2 Å². The molecule has 150 valence electrons. The van der Waals surface area contributed by atoms with Crippen LogP contribution in [-0.2, 0) is 14.8 Å². The van der Waals surface area contributed by atoms with E-state index in [4.69, 9.17) is 11.6 Å². The third kappa shape index (κ3) is 5.06. The molecule has 7 heteroatoms. The molecule has 1 amide bonds. The maximum absolute atomic E-state index is 13.3. The standard InChI is InChI=1S/C21H25ClN2O3S/c1-16-10-12-20(13-11-16)28(26,27)24(19-9-5-6-17(22)14-19)15-21(25)23-18-7-3-2-4-8-18/h5-6,9-14,18H,2-4,7-8,15H2,1H3,(H,23,25). The Kier molecular flexibility index (Phi) is 6.62. The van der Waals surface area contributed by atoms with Crippen LogP contribution in [0.3, 0.4) is 0 Å². The Morgan fingerprint density at radius 1 is 1.11 bits per heavy atom. The lowest BCUT2D eigenvalue weighted by Gasteiger charge is -2.27. The zero-order chi connectivity index (χ0) is 20.1. The minimum atomic E-state index is -3.91. The quantitative estimate of drug-likeness (QED) is 0.757. The van der Waals surface area contributed by atoms with Gasteiger partial charge in [0.15, 0.2) is 0 Å². The molecule has 0 aliphatic heterocycles. The first-order valence-corrected chi connectivity index (χ1v) is 11.3. The van der Waals surface area contributed by atoms with E-state index in [9.17, 15) is 13.2 Å². The highest BCUT2D eigenvalue weighted by molar-refractivity contribution is 7.92. The van der Waals surface area contributed by atoms with Gasteiger partial charge in [-0.05, 0) is 50.1 Å². The molecule has 0 bridgehead atoms. The number of carbonyl (C=O) groups is 1. The Morgan fingerprint density at radius 2 is 1.79 bits per heavy atom. The van der Waals surface area contributed by atoms with E-state index in [1.807, 2.05) is 6.92 Å². The topological polar surface area (TPSA) is 66.5 Å². The fourth-order valence-corrected chi connectivity index (χ4v) is 5.03. The highest BCUT2D eigenvalue weighted by Gasteiger charge is 2.28. The summed E-state index contributed by atoms with van der Waals surface area (Å²) in [6.45, 7) is 1.61. The average molecular weight is 421 g/mol. The molecule has 3 rings (SSSR count). The number of carbonyl (C=O) groups excluding carboxylic acids is 1. The van der Waals surface area contributed by atoms with Crippen LogP contribution in [0.25, 0.3) is 0 Å². The van der Waals surface area contributed by atoms with E-state index < -0.39 is 10.0 Å². The Labute approximate surface area is 171 Å². The van der Waals surface area contributed by atoms with Crippen LogP contribution in [0.2, 0.25) is 5.02 Å². The Balaban J connectivity index is 1.88. The number of anilines is 1. The number of halogens is 1. The summed E-state index contributed by atoms with van der Waals surface area (Å²) in [7, 11) is -3.91. The summed E-state index contributed by atoms with van der Waals surface area (Å²) in [5.41, 5.74) is 1.33. The van der Waals surface area contributed by atoms with Crippen molar-refractivity contribution in [3.8, 4) is 0 Å². The summed E-state index contributed by atoms with van der Waals surface area (Å²) in [6, 6.07) is 13.3. The number of hydrogen-bond donors (Lipinski definition) is 1. The van der Waals surface area contributed by atoms with Crippen molar-refractivity contribution in [3.63, 3.8) is 0 Å². The second kappa shape index (κ2) is 8.97. The molecule has 0 spiro atoms. The average Bonchev–Trinajstić information content (AvgIpc) is 2.67. The minimum Gasteiger partial charge on any atom is -0.352 e. The summed E-state index contributed by atoms with van der Waals surface area (Å²) < 4.78 is 27.7. The Morgan fingerprint density at radius 3 is 2.43 bits per heavy atom. The van der Waals surface area contributed by atoms with Gasteiger partial charge in [0, 0.05) is 11.1 Å². The first-order chi connectivity index (χ1) is 13.4. The summed E-state index contributed by atoms with van der Waals surface area (Å²) in [5, 5.41) is 3.40. The lowest BCUT2D eigenvalue weighted by atomic mass is 9.95. The zero-order valence-corrected chi connectivity index (χ0v) is 17.5. The highest BCUT2D eigenvalue weighted by atomic mass is 35.5. The SMILES string of the molecule is Cc1ccc(S(=O)(=O)N(CC(=O)NC2CCCCC2)c2cccc(Cl)c2)cc1. The molecular formula is C21H25ClN2O3S. The molecule has 0 saturated heterocycles. The Bertz CT molecular complexity index is 923. The van der Waals surface area contributed by atoms with Crippen LogP contribution in [0.5, 0.6) is 0 Å². The van der Waals surface area contributed by atoms with Crippen molar-refractivity contribution in [2.24, 2.45) is 0 Å². The van der Waals surface area contributed by atoms with E-state index in [1.54, 1.807) is 48.5 Å². The van der Waals surface area contributed by atoms with Crippen LogP contribution in [0, 0.1) is 6.92 Å². The van der Waals surface area contributed by atoms with Crippen molar-refractivity contribution in [1.82, 2.24) is 5.32 Å². The predicted molar refractivity (Wildman–Crippen MR) is 112 cm³/mol. The van der Waals surface area contributed by atoms with Gasteiger partial charge < -0.3 is 5.32 Å². The summed E-state index contributed by atoms with van der Waals surface area (Å²) in [6.07, 6.45) is 5.24. The lowest BCUT2D eigenvalue weighted by Crippen LogP contribution is -2.44. The number of nitrogens with one attached hydrogen (secondary N) is 1. The minimum absolute atomic E-state index is 0.115. The second-order valence-corrected chi connectivity index (χ2v) is 9.51. The molecule has 1 aliphatic rings. The normalized spacial score (nSPS) is 15.2. The maximum atomic E-state index is 13.3. The van der Waals surface area contributed by atoms with Gasteiger partial charge in [0.25, 0.3) is 10.0 Å². The molecule has 1 fully saturated rings. The number of sulfonamides is 1. The van der Waals surface area contributed by atoms with Gasteiger partial charge >= 0.3 is 0 Å². The van der Waals surface area contributed by atoms with E-state index in [1.165, 1.54) is 6.42 Å². The maximum Gasteiger partial charge on any atom is 0.264 e. The molecule has 0 unspecified atom stereocenters. The summed E-state index contributed by atoms with van der Waals surface area (Å²) in [4.78, 5) is 12.8. The van der Waals surface area contributed by atoms with Crippen LogP contribution in [0.4, 0.5) is 5.69 Å². The lowest BCUT2D eigenvalue weighted by molar-refractivity contribution is -0.120. The number of benzene rings is 2. The van der Waals surface area contributed by atoms with Crippen molar-refractivity contribution in [2.75, 3.05) is 10.8 Å². The summed E-state index contributed by atoms with van der Waals surface area (Å²) in [5.74, 6) is -0.303. The number of aryl methyl sites for hydroxylation is 1. The molecular weight excluding hydrogens is 396 g/mol. The second-order valence-electron chi connectivity index (χ2n) is 7.21. The van der Waals surface area contributed by atoms with E-state index in [0.29, 0.717) is 10.7 Å². The van der Waals surface area contributed by atoms with E-state index in [0.717, 1.165) is 35.6 Å². The molecule has 0 atom stereocenters. The zero-order valence-electron chi connectivity index (χ0n) is 15.9.